The molecule has 0 radical (unpaired) electrons. The molecule has 0 fully saturated rings. The molecule has 0 amide bonds. The molecule has 0 heterocycles. The van der Waals surface area contributed by atoms with E-state index in [1.807, 2.05) is 0 Å². The van der Waals surface area contributed by atoms with Gasteiger partial charge in [-0.1, -0.05) is 6.07 Å². The van der Waals surface area contributed by atoms with Crippen molar-refractivity contribution in [2.45, 2.75) is 12.5 Å². The lowest BCUT2D eigenvalue weighted by Crippen LogP contribution is -2.19. The zero-order valence-electron chi connectivity index (χ0n) is 8.80. The maximum absolute atomic E-state index is 12.3. The van der Waals surface area contributed by atoms with Crippen LogP contribution in [0, 0.1) is 10.1 Å². The van der Waals surface area contributed by atoms with Gasteiger partial charge < -0.3 is 10.5 Å². The number of nitro groups is 1. The maximum Gasteiger partial charge on any atom is 0.311 e. The monoisotopic (exact) mass is 268 g/mol. The summed E-state index contributed by atoms with van der Waals surface area (Å²) in [6.07, 6.45) is -2.77. The van der Waals surface area contributed by atoms with Crippen molar-refractivity contribution in [1.29, 1.82) is 0 Å². The third-order valence-corrected chi connectivity index (χ3v) is 2.06. The highest BCUT2D eigenvalue weighted by molar-refractivity contribution is 5.85. The Morgan fingerprint density at radius 1 is 1.47 bits per heavy atom. The molecular weight excluding hydrogens is 258 g/mol. The van der Waals surface area contributed by atoms with Gasteiger partial charge >= 0.3 is 5.69 Å². The molecule has 0 unspecified atom stereocenters. The Kier molecular flexibility index (Phi) is 5.77. The lowest BCUT2D eigenvalue weighted by molar-refractivity contribution is -0.385. The van der Waals surface area contributed by atoms with Crippen molar-refractivity contribution in [2.75, 3.05) is 7.11 Å². The first kappa shape index (κ1) is 15.5. The minimum absolute atomic E-state index is 0. The fourth-order valence-electron chi connectivity index (χ4n) is 1.20. The van der Waals surface area contributed by atoms with Crippen LogP contribution in [0.5, 0.6) is 5.75 Å². The molecule has 0 saturated carbocycles. The zero-order chi connectivity index (χ0) is 12.3. The summed E-state index contributed by atoms with van der Waals surface area (Å²) in [5, 5.41) is 10.6. The second kappa shape index (κ2) is 6.31. The van der Waals surface area contributed by atoms with Crippen LogP contribution in [0.25, 0.3) is 0 Å². The fourth-order valence-corrected chi connectivity index (χ4v) is 1.20. The smallest absolute Gasteiger partial charge is 0.311 e. The summed E-state index contributed by atoms with van der Waals surface area (Å²) < 4.78 is 29.3. The van der Waals surface area contributed by atoms with Crippen molar-refractivity contribution in [3.63, 3.8) is 0 Å². The van der Waals surface area contributed by atoms with Crippen LogP contribution in [-0.4, -0.2) is 18.5 Å². The van der Waals surface area contributed by atoms with Crippen LogP contribution >= 0.6 is 12.4 Å². The second-order valence-electron chi connectivity index (χ2n) is 3.05. The Morgan fingerprint density at radius 3 is 2.47 bits per heavy atom. The highest BCUT2D eigenvalue weighted by Gasteiger charge is 2.22. The zero-order valence-corrected chi connectivity index (χ0v) is 9.62. The number of methoxy groups -OCH3 is 1. The number of hydrogen-bond donors (Lipinski definition) is 1. The molecule has 8 heteroatoms. The minimum atomic E-state index is -2.77. The maximum atomic E-state index is 12.3. The summed E-state index contributed by atoms with van der Waals surface area (Å²) >= 11 is 0. The van der Waals surface area contributed by atoms with Gasteiger partial charge in [-0.25, -0.2) is 8.78 Å². The first-order chi connectivity index (χ1) is 7.47. The number of halogens is 3. The van der Waals surface area contributed by atoms with Crippen LogP contribution in [-0.2, 0) is 0 Å². The van der Waals surface area contributed by atoms with E-state index in [1.54, 1.807) is 0 Å². The second-order valence-corrected chi connectivity index (χ2v) is 3.05. The van der Waals surface area contributed by atoms with E-state index in [1.165, 1.54) is 19.2 Å². The molecule has 5 nitrogen and oxygen atoms in total. The van der Waals surface area contributed by atoms with Gasteiger partial charge in [-0.05, 0) is 11.6 Å². The summed E-state index contributed by atoms with van der Waals surface area (Å²) in [5.74, 6) is 0.00946. The van der Waals surface area contributed by atoms with E-state index >= 15 is 0 Å². The van der Waals surface area contributed by atoms with E-state index in [9.17, 15) is 18.9 Å². The number of rotatable bonds is 4. The Bertz CT molecular complexity index is 404. The first-order valence-electron chi connectivity index (χ1n) is 4.33. The van der Waals surface area contributed by atoms with Crippen LogP contribution in [0.3, 0.4) is 0 Å². The average molecular weight is 269 g/mol. The summed E-state index contributed by atoms with van der Waals surface area (Å²) in [5.41, 5.74) is 4.81. The predicted octanol–water partition coefficient (Wildman–Crippen LogP) is 2.29. The van der Waals surface area contributed by atoms with Crippen molar-refractivity contribution in [3.05, 3.63) is 33.9 Å². The molecule has 1 aromatic carbocycles. The van der Waals surface area contributed by atoms with Gasteiger partial charge in [-0.2, -0.15) is 0 Å². The van der Waals surface area contributed by atoms with Crippen molar-refractivity contribution in [3.8, 4) is 5.75 Å². The van der Waals surface area contributed by atoms with Crippen LogP contribution in [0.2, 0.25) is 0 Å². The molecule has 0 aliphatic rings. The van der Waals surface area contributed by atoms with E-state index in [0.29, 0.717) is 0 Å². The van der Waals surface area contributed by atoms with Gasteiger partial charge in [0.05, 0.1) is 18.1 Å². The molecule has 1 rings (SSSR count). The SMILES string of the molecule is COc1ccc([C@H](N)C(F)F)cc1[N+](=O)[O-].Cl. The Morgan fingerprint density at radius 2 is 2.06 bits per heavy atom. The number of benzene rings is 1. The standard InChI is InChI=1S/C9H10F2N2O3.ClH/c1-16-7-3-2-5(8(12)9(10)11)4-6(7)13(14)15;/h2-4,8-9H,12H2,1H3;1H/t8-;/m0./s1. The topological polar surface area (TPSA) is 78.4 Å². The van der Waals surface area contributed by atoms with Gasteiger partial charge in [0.2, 0.25) is 0 Å². The van der Waals surface area contributed by atoms with Crippen LogP contribution in [0.1, 0.15) is 11.6 Å². The molecule has 0 bridgehead atoms. The largest absolute Gasteiger partial charge is 0.490 e. The van der Waals surface area contributed by atoms with Gasteiger partial charge in [-0.15, -0.1) is 12.4 Å². The normalized spacial score (nSPS) is 11.8. The number of hydrogen-bond acceptors (Lipinski definition) is 4. The molecule has 1 atom stereocenters. The summed E-state index contributed by atoms with van der Waals surface area (Å²) in [7, 11) is 1.26. The average Bonchev–Trinajstić information content (AvgIpc) is 2.26. The Labute approximate surface area is 102 Å². The number of nitrogens with zero attached hydrogens (tertiary/aromatic N) is 1. The Balaban J connectivity index is 0.00000256. The quantitative estimate of drug-likeness (QED) is 0.671. The van der Waals surface area contributed by atoms with Crippen molar-refractivity contribution < 1.29 is 18.4 Å². The van der Waals surface area contributed by atoms with Gasteiger partial charge in [-0.3, -0.25) is 10.1 Å². The molecule has 1 aromatic rings. The lowest BCUT2D eigenvalue weighted by Gasteiger charge is -2.11. The molecule has 2 N–H and O–H groups in total. The fraction of sp³-hybridized carbons (Fsp3) is 0.333. The highest BCUT2D eigenvalue weighted by atomic mass is 35.5. The summed E-state index contributed by atoms with van der Waals surface area (Å²) in [6.45, 7) is 0. The highest BCUT2D eigenvalue weighted by Crippen LogP contribution is 2.30. The van der Waals surface area contributed by atoms with Crippen molar-refractivity contribution in [1.82, 2.24) is 0 Å². The van der Waals surface area contributed by atoms with Crippen LogP contribution < -0.4 is 10.5 Å². The van der Waals surface area contributed by atoms with Crippen LogP contribution in [0.4, 0.5) is 14.5 Å². The van der Waals surface area contributed by atoms with E-state index in [0.717, 1.165) is 6.07 Å². The summed E-state index contributed by atoms with van der Waals surface area (Å²) in [4.78, 5) is 9.91. The summed E-state index contributed by atoms with van der Waals surface area (Å²) in [6, 6.07) is 1.98. The molecular formula is C9H11ClF2N2O3. The van der Waals surface area contributed by atoms with E-state index < -0.39 is 17.4 Å². The molecule has 0 spiro atoms. The molecule has 0 aromatic heterocycles. The van der Waals surface area contributed by atoms with Gasteiger partial charge in [0.25, 0.3) is 6.43 Å². The molecule has 0 aliphatic carbocycles. The van der Waals surface area contributed by atoms with E-state index in [4.69, 9.17) is 10.5 Å². The molecule has 17 heavy (non-hydrogen) atoms. The van der Waals surface area contributed by atoms with E-state index in [2.05, 4.69) is 0 Å². The minimum Gasteiger partial charge on any atom is -0.490 e. The Hall–Kier alpha value is -1.47. The van der Waals surface area contributed by atoms with E-state index in [-0.39, 0.29) is 29.4 Å². The van der Waals surface area contributed by atoms with Crippen molar-refractivity contribution in [2.24, 2.45) is 5.73 Å². The molecule has 0 saturated heterocycles. The number of nitro benzene ring substituents is 1. The van der Waals surface area contributed by atoms with Gasteiger partial charge in [0, 0.05) is 6.07 Å². The lowest BCUT2D eigenvalue weighted by atomic mass is 10.1. The number of nitrogens with two attached hydrogens (primary N) is 1. The number of alkyl halides is 2. The van der Waals surface area contributed by atoms with Crippen molar-refractivity contribution >= 4 is 18.1 Å². The third-order valence-electron chi connectivity index (χ3n) is 2.06. The van der Waals surface area contributed by atoms with Crippen LogP contribution in [0.15, 0.2) is 18.2 Å². The first-order valence-corrected chi connectivity index (χ1v) is 4.33. The predicted molar refractivity (Wildman–Crippen MR) is 59.8 cm³/mol. The molecule has 0 aliphatic heterocycles. The third kappa shape index (κ3) is 3.50. The van der Waals surface area contributed by atoms with Gasteiger partial charge in [0.15, 0.2) is 5.75 Å². The molecule has 96 valence electrons. The van der Waals surface area contributed by atoms with Gasteiger partial charge in [0.1, 0.15) is 0 Å². The number of ether oxygens (including phenoxy) is 1.